The summed E-state index contributed by atoms with van der Waals surface area (Å²) in [5.74, 6) is -0.601. The van der Waals surface area contributed by atoms with Crippen LogP contribution in [0, 0.1) is 17.8 Å². The van der Waals surface area contributed by atoms with Crippen LogP contribution in [-0.4, -0.2) is 51.6 Å². The standard InChI is InChI=1S/C24H27N3O3S/c1-14(2)11-19(27-22(28)16-7-3-4-8-17(16)23(27)29)24(30)26-12-15(13-26)21-25-18-9-5-6-10-20(18)31-21/h3-6,9-10,14-17,19H,7-8,11-13H2,1-2H3. The molecule has 2 saturated heterocycles. The maximum Gasteiger partial charge on any atom is 0.245 e. The van der Waals surface area contributed by atoms with Gasteiger partial charge in [0, 0.05) is 19.0 Å². The average molecular weight is 438 g/mol. The van der Waals surface area contributed by atoms with Crippen LogP contribution in [0.5, 0.6) is 0 Å². The first-order chi connectivity index (χ1) is 14.9. The lowest BCUT2D eigenvalue weighted by atomic mass is 9.85. The largest absolute Gasteiger partial charge is 0.339 e. The fourth-order valence-electron chi connectivity index (χ4n) is 4.99. The number of amides is 3. The molecule has 1 aromatic heterocycles. The lowest BCUT2D eigenvalue weighted by Crippen LogP contribution is -2.57. The second kappa shape index (κ2) is 7.86. The third-order valence-corrected chi connectivity index (χ3v) is 7.88. The Morgan fingerprint density at radius 3 is 2.35 bits per heavy atom. The molecule has 3 amide bonds. The summed E-state index contributed by atoms with van der Waals surface area (Å²) < 4.78 is 1.16. The van der Waals surface area contributed by atoms with Gasteiger partial charge in [-0.15, -0.1) is 11.3 Å². The number of carbonyl (C=O) groups excluding carboxylic acids is 3. The summed E-state index contributed by atoms with van der Waals surface area (Å²) in [6, 6.07) is 7.37. The van der Waals surface area contributed by atoms with Crippen molar-refractivity contribution < 1.29 is 14.4 Å². The quantitative estimate of drug-likeness (QED) is 0.529. The van der Waals surface area contributed by atoms with E-state index in [-0.39, 0.29) is 41.4 Å². The highest BCUT2D eigenvalue weighted by atomic mass is 32.1. The maximum atomic E-state index is 13.4. The lowest BCUT2D eigenvalue weighted by molar-refractivity contribution is -0.154. The van der Waals surface area contributed by atoms with Crippen molar-refractivity contribution in [2.24, 2.45) is 17.8 Å². The van der Waals surface area contributed by atoms with Crippen molar-refractivity contribution in [2.75, 3.05) is 13.1 Å². The van der Waals surface area contributed by atoms with Gasteiger partial charge < -0.3 is 4.90 Å². The van der Waals surface area contributed by atoms with E-state index in [1.54, 1.807) is 16.2 Å². The molecule has 1 aliphatic carbocycles. The Morgan fingerprint density at radius 2 is 1.74 bits per heavy atom. The molecule has 162 valence electrons. The minimum Gasteiger partial charge on any atom is -0.339 e. The fraction of sp³-hybridized carbons (Fsp3) is 0.500. The lowest BCUT2D eigenvalue weighted by Gasteiger charge is -2.41. The number of imide groups is 1. The minimum absolute atomic E-state index is 0.0978. The minimum atomic E-state index is -0.693. The molecule has 0 saturated carbocycles. The van der Waals surface area contributed by atoms with E-state index in [2.05, 4.69) is 6.07 Å². The van der Waals surface area contributed by atoms with Crippen LogP contribution in [0.2, 0.25) is 0 Å². The summed E-state index contributed by atoms with van der Waals surface area (Å²) in [6.45, 7) is 5.25. The van der Waals surface area contributed by atoms with E-state index in [1.807, 2.05) is 44.2 Å². The van der Waals surface area contributed by atoms with Gasteiger partial charge in [0.15, 0.2) is 0 Å². The van der Waals surface area contributed by atoms with E-state index in [1.165, 1.54) is 4.90 Å². The van der Waals surface area contributed by atoms with E-state index in [0.717, 1.165) is 15.2 Å². The molecule has 7 heteroatoms. The van der Waals surface area contributed by atoms with Crippen molar-refractivity contribution in [3.8, 4) is 0 Å². The number of likely N-dealkylation sites (tertiary alicyclic amines) is 2. The molecule has 2 aromatic rings. The van der Waals surface area contributed by atoms with Crippen molar-refractivity contribution >= 4 is 39.3 Å². The number of thiazole rings is 1. The molecule has 3 unspecified atom stereocenters. The molecule has 0 radical (unpaired) electrons. The molecule has 3 atom stereocenters. The van der Waals surface area contributed by atoms with Gasteiger partial charge in [-0.1, -0.05) is 38.1 Å². The van der Waals surface area contributed by atoms with Crippen LogP contribution in [-0.2, 0) is 14.4 Å². The molecule has 1 aromatic carbocycles. The van der Waals surface area contributed by atoms with Gasteiger partial charge in [-0.3, -0.25) is 19.3 Å². The highest BCUT2D eigenvalue weighted by molar-refractivity contribution is 7.18. The van der Waals surface area contributed by atoms with Crippen molar-refractivity contribution in [1.82, 2.24) is 14.8 Å². The SMILES string of the molecule is CC(C)CC(C(=O)N1CC(c2nc3ccccc3s2)C1)N1C(=O)C2CC=CCC2C1=O. The first kappa shape index (κ1) is 20.4. The van der Waals surface area contributed by atoms with Crippen molar-refractivity contribution in [1.29, 1.82) is 0 Å². The zero-order chi connectivity index (χ0) is 21.7. The third kappa shape index (κ3) is 3.49. The van der Waals surface area contributed by atoms with Gasteiger partial charge in [0.05, 0.1) is 22.1 Å². The maximum absolute atomic E-state index is 13.4. The molecule has 2 aliphatic heterocycles. The van der Waals surface area contributed by atoms with E-state index in [4.69, 9.17) is 4.98 Å². The first-order valence-corrected chi connectivity index (χ1v) is 11.9. The Bertz CT molecular complexity index is 1010. The van der Waals surface area contributed by atoms with E-state index in [0.29, 0.717) is 32.4 Å². The Labute approximate surface area is 185 Å². The van der Waals surface area contributed by atoms with Crippen LogP contribution < -0.4 is 0 Å². The van der Waals surface area contributed by atoms with Crippen molar-refractivity contribution in [3.05, 3.63) is 41.4 Å². The number of rotatable bonds is 5. The number of fused-ring (bicyclic) bond motifs is 2. The monoisotopic (exact) mass is 437 g/mol. The third-order valence-electron chi connectivity index (χ3n) is 6.69. The number of nitrogens with zero attached hydrogens (tertiary/aromatic N) is 3. The normalized spacial score (nSPS) is 24.7. The first-order valence-electron chi connectivity index (χ1n) is 11.1. The van der Waals surface area contributed by atoms with Crippen LogP contribution in [0.3, 0.4) is 0 Å². The van der Waals surface area contributed by atoms with Gasteiger partial charge in [-0.2, -0.15) is 0 Å². The van der Waals surface area contributed by atoms with Gasteiger partial charge in [0.2, 0.25) is 17.7 Å². The number of carbonyl (C=O) groups is 3. The topological polar surface area (TPSA) is 70.6 Å². The summed E-state index contributed by atoms with van der Waals surface area (Å²) in [5, 5.41) is 1.05. The highest BCUT2D eigenvalue weighted by Gasteiger charge is 2.52. The van der Waals surface area contributed by atoms with Crippen LogP contribution in [0.4, 0.5) is 0 Å². The summed E-state index contributed by atoms with van der Waals surface area (Å²) >= 11 is 1.68. The van der Waals surface area contributed by atoms with Crippen LogP contribution in [0.15, 0.2) is 36.4 Å². The molecule has 3 aliphatic rings. The summed E-state index contributed by atoms with van der Waals surface area (Å²) in [6.07, 6.45) is 5.65. The molecule has 0 bridgehead atoms. The molecule has 0 N–H and O–H groups in total. The highest BCUT2D eigenvalue weighted by Crippen LogP contribution is 2.39. The second-order valence-corrected chi connectivity index (χ2v) is 10.4. The van der Waals surface area contributed by atoms with E-state index < -0.39 is 6.04 Å². The number of hydrogen-bond donors (Lipinski definition) is 0. The zero-order valence-electron chi connectivity index (χ0n) is 17.9. The second-order valence-electron chi connectivity index (χ2n) is 9.31. The molecule has 2 fully saturated rings. The van der Waals surface area contributed by atoms with Crippen LogP contribution in [0.25, 0.3) is 10.2 Å². The van der Waals surface area contributed by atoms with E-state index >= 15 is 0 Å². The number of benzene rings is 1. The van der Waals surface area contributed by atoms with Crippen molar-refractivity contribution in [2.45, 2.75) is 45.1 Å². The summed E-state index contributed by atoms with van der Waals surface area (Å²) in [7, 11) is 0. The fourth-order valence-corrected chi connectivity index (χ4v) is 6.04. The van der Waals surface area contributed by atoms with Crippen LogP contribution in [0.1, 0.15) is 44.0 Å². The molecular formula is C24H27N3O3S. The van der Waals surface area contributed by atoms with Gasteiger partial charge in [0.1, 0.15) is 11.0 Å². The number of aromatic nitrogens is 1. The molecule has 0 spiro atoms. The Balaban J connectivity index is 1.32. The van der Waals surface area contributed by atoms with Gasteiger partial charge in [-0.05, 0) is 37.3 Å². The van der Waals surface area contributed by atoms with E-state index in [9.17, 15) is 14.4 Å². The van der Waals surface area contributed by atoms with Crippen molar-refractivity contribution in [3.63, 3.8) is 0 Å². The molecule has 6 nitrogen and oxygen atoms in total. The smallest absolute Gasteiger partial charge is 0.245 e. The van der Waals surface area contributed by atoms with Crippen LogP contribution >= 0.6 is 11.3 Å². The summed E-state index contributed by atoms with van der Waals surface area (Å²) in [5.41, 5.74) is 0.995. The van der Waals surface area contributed by atoms with Gasteiger partial charge in [-0.25, -0.2) is 4.98 Å². The molecular weight excluding hydrogens is 410 g/mol. The van der Waals surface area contributed by atoms with Gasteiger partial charge >= 0.3 is 0 Å². The molecule has 3 heterocycles. The predicted octanol–water partition coefficient (Wildman–Crippen LogP) is 3.59. The number of para-hydroxylation sites is 1. The Kier molecular flexibility index (Phi) is 5.16. The zero-order valence-corrected chi connectivity index (χ0v) is 18.7. The molecule has 31 heavy (non-hydrogen) atoms. The predicted molar refractivity (Wildman–Crippen MR) is 119 cm³/mol. The molecule has 5 rings (SSSR count). The average Bonchev–Trinajstić information content (AvgIpc) is 3.24. The Morgan fingerprint density at radius 1 is 1.10 bits per heavy atom. The van der Waals surface area contributed by atoms with Gasteiger partial charge in [0.25, 0.3) is 0 Å². The number of allylic oxidation sites excluding steroid dienone is 2. The summed E-state index contributed by atoms with van der Waals surface area (Å²) in [4.78, 5) is 47.4. The Hall–Kier alpha value is -2.54. The number of hydrogen-bond acceptors (Lipinski definition) is 5.